The van der Waals surface area contributed by atoms with Gasteiger partial charge in [0.25, 0.3) is 0 Å². The Morgan fingerprint density at radius 1 is 1.30 bits per heavy atom. The Labute approximate surface area is 117 Å². The van der Waals surface area contributed by atoms with Gasteiger partial charge in [0.2, 0.25) is 5.91 Å². The molecule has 5 heteroatoms. The maximum Gasteiger partial charge on any atom is 0.414 e. The Bertz CT molecular complexity index is 531. The van der Waals surface area contributed by atoms with Gasteiger partial charge in [0, 0.05) is 31.6 Å². The van der Waals surface area contributed by atoms with Crippen molar-refractivity contribution >= 4 is 12.0 Å². The van der Waals surface area contributed by atoms with Crippen molar-refractivity contribution in [3.63, 3.8) is 0 Å². The highest BCUT2D eigenvalue weighted by Crippen LogP contribution is 2.37. The number of hydrogen-bond donors (Lipinski definition) is 1. The maximum absolute atomic E-state index is 12.2. The molecule has 3 rings (SSSR count). The van der Waals surface area contributed by atoms with E-state index in [9.17, 15) is 9.59 Å². The van der Waals surface area contributed by atoms with Crippen LogP contribution < -0.4 is 0 Å². The van der Waals surface area contributed by atoms with Crippen molar-refractivity contribution in [2.24, 2.45) is 11.8 Å². The van der Waals surface area contributed by atoms with Gasteiger partial charge in [0.1, 0.15) is 0 Å². The van der Waals surface area contributed by atoms with E-state index < -0.39 is 6.09 Å². The Hall–Kier alpha value is -1.88. The number of fused-ring (bicyclic) bond motifs is 1. The average Bonchev–Trinajstić information content (AvgIpc) is 2.91. The van der Waals surface area contributed by atoms with Gasteiger partial charge in [-0.1, -0.05) is 30.3 Å². The second kappa shape index (κ2) is 4.90. The quantitative estimate of drug-likeness (QED) is 0.890. The summed E-state index contributed by atoms with van der Waals surface area (Å²) in [5.74, 6) is -0.266. The molecule has 3 atom stereocenters. The van der Waals surface area contributed by atoms with Crippen LogP contribution in [0.15, 0.2) is 30.3 Å². The van der Waals surface area contributed by atoms with E-state index in [0.717, 1.165) is 18.0 Å². The molecule has 2 saturated heterocycles. The van der Waals surface area contributed by atoms with Crippen molar-refractivity contribution in [2.75, 3.05) is 13.1 Å². The van der Waals surface area contributed by atoms with Crippen molar-refractivity contribution in [1.29, 1.82) is 0 Å². The second-order valence-electron chi connectivity index (χ2n) is 5.68. The molecule has 0 radical (unpaired) electrons. The molecule has 0 aromatic heterocycles. The van der Waals surface area contributed by atoms with Crippen LogP contribution in [0.2, 0.25) is 0 Å². The Morgan fingerprint density at radius 2 is 2.00 bits per heavy atom. The number of imide groups is 1. The van der Waals surface area contributed by atoms with Crippen LogP contribution in [0.4, 0.5) is 4.79 Å². The fourth-order valence-corrected chi connectivity index (χ4v) is 3.47. The number of likely N-dealkylation sites (tertiary alicyclic amines) is 2. The summed E-state index contributed by atoms with van der Waals surface area (Å²) in [6, 6.07) is 9.92. The molecular weight excluding hydrogens is 256 g/mol. The van der Waals surface area contributed by atoms with Gasteiger partial charge in [-0.3, -0.25) is 9.69 Å². The molecule has 106 valence electrons. The molecule has 2 amide bonds. The van der Waals surface area contributed by atoms with E-state index in [0.29, 0.717) is 6.54 Å². The monoisotopic (exact) mass is 274 g/mol. The smallest absolute Gasteiger partial charge is 0.414 e. The molecule has 5 nitrogen and oxygen atoms in total. The Kier molecular flexibility index (Phi) is 3.22. The largest absolute Gasteiger partial charge is 0.465 e. The number of nitrogens with zero attached hydrogens (tertiary/aromatic N) is 2. The van der Waals surface area contributed by atoms with Crippen LogP contribution in [-0.2, 0) is 11.3 Å². The fraction of sp³-hybridized carbons (Fsp3) is 0.467. The molecule has 20 heavy (non-hydrogen) atoms. The van der Waals surface area contributed by atoms with Gasteiger partial charge in [-0.25, -0.2) is 9.69 Å². The first kappa shape index (κ1) is 13.1. The highest BCUT2D eigenvalue weighted by molar-refractivity contribution is 5.95. The molecule has 1 aromatic rings. The summed E-state index contributed by atoms with van der Waals surface area (Å²) in [6.07, 6.45) is -1.12. The lowest BCUT2D eigenvalue weighted by Gasteiger charge is -2.23. The Morgan fingerprint density at radius 3 is 2.60 bits per heavy atom. The van der Waals surface area contributed by atoms with Crippen LogP contribution in [0.25, 0.3) is 0 Å². The predicted molar refractivity (Wildman–Crippen MR) is 73.0 cm³/mol. The first-order chi connectivity index (χ1) is 9.58. The van der Waals surface area contributed by atoms with Gasteiger partial charge in [0.15, 0.2) is 0 Å². The summed E-state index contributed by atoms with van der Waals surface area (Å²) in [4.78, 5) is 26.5. The zero-order valence-electron chi connectivity index (χ0n) is 11.4. The van der Waals surface area contributed by atoms with Crippen molar-refractivity contribution < 1.29 is 14.7 Å². The molecule has 0 spiro atoms. The summed E-state index contributed by atoms with van der Waals surface area (Å²) >= 11 is 0. The van der Waals surface area contributed by atoms with Crippen LogP contribution in [0.3, 0.4) is 0 Å². The van der Waals surface area contributed by atoms with Crippen molar-refractivity contribution in [3.8, 4) is 0 Å². The molecule has 0 aliphatic carbocycles. The molecule has 2 aliphatic rings. The summed E-state index contributed by atoms with van der Waals surface area (Å²) < 4.78 is 0. The van der Waals surface area contributed by atoms with E-state index in [4.69, 9.17) is 5.11 Å². The zero-order chi connectivity index (χ0) is 14.3. The minimum absolute atomic E-state index is 0.127. The molecule has 2 aliphatic heterocycles. The van der Waals surface area contributed by atoms with Crippen LogP contribution in [0.5, 0.6) is 0 Å². The van der Waals surface area contributed by atoms with E-state index in [1.807, 2.05) is 25.1 Å². The minimum atomic E-state index is -1.12. The highest BCUT2D eigenvalue weighted by atomic mass is 16.4. The summed E-state index contributed by atoms with van der Waals surface area (Å²) in [6.45, 7) is 4.10. The van der Waals surface area contributed by atoms with E-state index in [2.05, 4.69) is 17.0 Å². The van der Waals surface area contributed by atoms with Crippen LogP contribution in [0, 0.1) is 11.8 Å². The lowest BCUT2D eigenvalue weighted by atomic mass is 9.95. The lowest BCUT2D eigenvalue weighted by molar-refractivity contribution is -0.130. The number of benzene rings is 1. The van der Waals surface area contributed by atoms with Crippen molar-refractivity contribution in [2.45, 2.75) is 19.5 Å². The SMILES string of the molecule is C[C@H]1[C@@H]2CN(Cc3ccccc3)C[C@@H]2C(=O)N1C(=O)O. The molecule has 0 saturated carbocycles. The number of carbonyl (C=O) groups is 2. The van der Waals surface area contributed by atoms with Crippen LogP contribution >= 0.6 is 0 Å². The fourth-order valence-electron chi connectivity index (χ4n) is 3.47. The van der Waals surface area contributed by atoms with Gasteiger partial charge < -0.3 is 5.11 Å². The number of hydrogen-bond acceptors (Lipinski definition) is 3. The van der Waals surface area contributed by atoms with E-state index in [1.54, 1.807) is 0 Å². The third kappa shape index (κ3) is 2.08. The summed E-state index contributed by atoms with van der Waals surface area (Å²) in [5, 5.41) is 9.10. The average molecular weight is 274 g/mol. The lowest BCUT2D eigenvalue weighted by Crippen LogP contribution is -2.40. The summed E-state index contributed by atoms with van der Waals surface area (Å²) in [7, 11) is 0. The molecule has 0 unspecified atom stereocenters. The normalized spacial score (nSPS) is 29.8. The van der Waals surface area contributed by atoms with Crippen molar-refractivity contribution in [3.05, 3.63) is 35.9 Å². The molecule has 1 aromatic carbocycles. The Balaban J connectivity index is 1.70. The zero-order valence-corrected chi connectivity index (χ0v) is 11.4. The topological polar surface area (TPSA) is 60.9 Å². The maximum atomic E-state index is 12.2. The minimum Gasteiger partial charge on any atom is -0.465 e. The standard InChI is InChI=1S/C15H18N2O3/c1-10-12-8-16(7-11-5-3-2-4-6-11)9-13(12)14(18)17(10)15(19)20/h2-6,10,12-13H,7-9H2,1H3,(H,19,20)/t10-,12-,13-/m0/s1. The van der Waals surface area contributed by atoms with Crippen LogP contribution in [0.1, 0.15) is 12.5 Å². The number of carboxylic acid groups (broad SMARTS) is 1. The third-order valence-corrected chi connectivity index (χ3v) is 4.48. The third-order valence-electron chi connectivity index (χ3n) is 4.48. The van der Waals surface area contributed by atoms with E-state index in [1.165, 1.54) is 5.56 Å². The molecular formula is C15H18N2O3. The van der Waals surface area contributed by atoms with Gasteiger partial charge in [-0.15, -0.1) is 0 Å². The van der Waals surface area contributed by atoms with Crippen LogP contribution in [-0.4, -0.2) is 46.0 Å². The van der Waals surface area contributed by atoms with Gasteiger partial charge in [-0.2, -0.15) is 0 Å². The van der Waals surface area contributed by atoms with Gasteiger partial charge in [0.05, 0.1) is 5.92 Å². The molecule has 0 bridgehead atoms. The number of carbonyl (C=O) groups excluding carboxylic acids is 1. The molecule has 1 N–H and O–H groups in total. The first-order valence-electron chi connectivity index (χ1n) is 6.90. The van der Waals surface area contributed by atoms with Crippen molar-refractivity contribution in [1.82, 2.24) is 9.80 Å². The second-order valence-corrected chi connectivity index (χ2v) is 5.68. The number of amides is 2. The van der Waals surface area contributed by atoms with Gasteiger partial charge >= 0.3 is 6.09 Å². The predicted octanol–water partition coefficient (Wildman–Crippen LogP) is 1.64. The summed E-state index contributed by atoms with van der Waals surface area (Å²) in [5.41, 5.74) is 1.22. The first-order valence-corrected chi connectivity index (χ1v) is 6.90. The van der Waals surface area contributed by atoms with E-state index >= 15 is 0 Å². The highest BCUT2D eigenvalue weighted by Gasteiger charge is 2.52. The number of rotatable bonds is 2. The van der Waals surface area contributed by atoms with E-state index in [-0.39, 0.29) is 23.8 Å². The van der Waals surface area contributed by atoms with Gasteiger partial charge in [-0.05, 0) is 12.5 Å². The molecule has 2 heterocycles. The molecule has 2 fully saturated rings.